The predicted molar refractivity (Wildman–Crippen MR) is 57.9 cm³/mol. The summed E-state index contributed by atoms with van der Waals surface area (Å²) < 4.78 is 22.0. The summed E-state index contributed by atoms with van der Waals surface area (Å²) in [6, 6.07) is 6.22. The largest absolute Gasteiger partial charge is 0.395 e. The van der Waals surface area contributed by atoms with Gasteiger partial charge in [-0.2, -0.15) is 0 Å². The Morgan fingerprint density at radius 2 is 1.73 bits per heavy atom. The van der Waals surface area contributed by atoms with Crippen molar-refractivity contribution in [3.05, 3.63) is 29.8 Å². The average Bonchev–Trinajstić information content (AvgIpc) is 2.17. The van der Waals surface area contributed by atoms with Crippen LogP contribution < -0.4 is 5.14 Å². The van der Waals surface area contributed by atoms with Gasteiger partial charge in [-0.25, -0.2) is 13.6 Å². The second kappa shape index (κ2) is 3.92. The molecule has 0 atom stereocenters. The molecule has 1 aromatic rings. The van der Waals surface area contributed by atoms with Gasteiger partial charge in [0.05, 0.1) is 11.5 Å². The van der Waals surface area contributed by atoms with Crippen LogP contribution in [0.1, 0.15) is 19.4 Å². The standard InChI is InChI=1S/C10H15NO3S/c1-10(2,7-12)8-3-5-9(6-4-8)15(11,13)14/h3-6,12H,7H2,1-2H3,(H2,11,13,14). The van der Waals surface area contributed by atoms with Crippen molar-refractivity contribution < 1.29 is 13.5 Å². The Morgan fingerprint density at radius 3 is 2.07 bits per heavy atom. The minimum Gasteiger partial charge on any atom is -0.395 e. The van der Waals surface area contributed by atoms with E-state index in [1.54, 1.807) is 12.1 Å². The molecule has 0 aromatic heterocycles. The first-order valence-electron chi connectivity index (χ1n) is 4.51. The van der Waals surface area contributed by atoms with E-state index in [1.165, 1.54) is 12.1 Å². The van der Waals surface area contributed by atoms with Crippen molar-refractivity contribution in [2.24, 2.45) is 5.14 Å². The van der Waals surface area contributed by atoms with E-state index in [1.807, 2.05) is 13.8 Å². The van der Waals surface area contributed by atoms with Crippen molar-refractivity contribution >= 4 is 10.0 Å². The Kier molecular flexibility index (Phi) is 3.18. The monoisotopic (exact) mass is 229 g/mol. The molecule has 5 heteroatoms. The summed E-state index contributed by atoms with van der Waals surface area (Å²) in [6.45, 7) is 3.75. The molecule has 0 spiro atoms. The fourth-order valence-corrected chi connectivity index (χ4v) is 1.70. The highest BCUT2D eigenvalue weighted by Crippen LogP contribution is 2.23. The summed E-state index contributed by atoms with van der Waals surface area (Å²) in [6.07, 6.45) is 0. The number of aliphatic hydroxyl groups is 1. The molecular weight excluding hydrogens is 214 g/mol. The van der Waals surface area contributed by atoms with Crippen molar-refractivity contribution in [3.8, 4) is 0 Å². The molecule has 0 aliphatic heterocycles. The smallest absolute Gasteiger partial charge is 0.238 e. The van der Waals surface area contributed by atoms with Crippen LogP contribution in [0.25, 0.3) is 0 Å². The molecule has 1 aromatic carbocycles. The first-order valence-corrected chi connectivity index (χ1v) is 6.06. The van der Waals surface area contributed by atoms with Crippen LogP contribution in [0.3, 0.4) is 0 Å². The van der Waals surface area contributed by atoms with Crippen LogP contribution in [0.2, 0.25) is 0 Å². The first-order chi connectivity index (χ1) is 6.77. The molecule has 0 heterocycles. The molecule has 0 saturated heterocycles. The molecule has 84 valence electrons. The van der Waals surface area contributed by atoms with E-state index in [9.17, 15) is 8.42 Å². The summed E-state index contributed by atoms with van der Waals surface area (Å²) in [5.41, 5.74) is 0.495. The van der Waals surface area contributed by atoms with E-state index in [4.69, 9.17) is 10.2 Å². The number of rotatable bonds is 3. The quantitative estimate of drug-likeness (QED) is 0.796. The van der Waals surface area contributed by atoms with Gasteiger partial charge < -0.3 is 5.11 Å². The molecule has 15 heavy (non-hydrogen) atoms. The number of benzene rings is 1. The maximum Gasteiger partial charge on any atom is 0.238 e. The zero-order valence-corrected chi connectivity index (χ0v) is 9.58. The molecule has 0 unspecified atom stereocenters. The van der Waals surface area contributed by atoms with Gasteiger partial charge in [0.2, 0.25) is 10.0 Å². The molecule has 0 bridgehead atoms. The Labute approximate surface area is 89.8 Å². The molecule has 0 saturated carbocycles. The van der Waals surface area contributed by atoms with E-state index < -0.39 is 10.0 Å². The third-order valence-corrected chi connectivity index (χ3v) is 3.29. The van der Waals surface area contributed by atoms with E-state index in [2.05, 4.69) is 0 Å². The third kappa shape index (κ3) is 2.77. The van der Waals surface area contributed by atoms with Gasteiger partial charge in [0, 0.05) is 5.41 Å². The Bertz CT molecular complexity index is 434. The zero-order chi connectivity index (χ0) is 11.7. The summed E-state index contributed by atoms with van der Waals surface area (Å²) >= 11 is 0. The zero-order valence-electron chi connectivity index (χ0n) is 8.77. The molecule has 0 fully saturated rings. The Balaban J connectivity index is 3.12. The van der Waals surface area contributed by atoms with Crippen LogP contribution in [0.4, 0.5) is 0 Å². The van der Waals surface area contributed by atoms with Crippen molar-refractivity contribution in [1.29, 1.82) is 0 Å². The minimum atomic E-state index is -3.63. The van der Waals surface area contributed by atoms with Crippen LogP contribution in [0.5, 0.6) is 0 Å². The van der Waals surface area contributed by atoms with Crippen molar-refractivity contribution in [2.45, 2.75) is 24.2 Å². The second-order valence-corrected chi connectivity index (χ2v) is 5.67. The van der Waals surface area contributed by atoms with Crippen LogP contribution in [-0.2, 0) is 15.4 Å². The summed E-state index contributed by atoms with van der Waals surface area (Å²) in [7, 11) is -3.63. The summed E-state index contributed by atoms with van der Waals surface area (Å²) in [5, 5.41) is 14.1. The van der Waals surface area contributed by atoms with Gasteiger partial charge in [-0.3, -0.25) is 0 Å². The van der Waals surface area contributed by atoms with Gasteiger partial charge in [0.15, 0.2) is 0 Å². The normalized spacial score (nSPS) is 12.8. The summed E-state index contributed by atoms with van der Waals surface area (Å²) in [5.74, 6) is 0. The highest BCUT2D eigenvalue weighted by Gasteiger charge is 2.19. The van der Waals surface area contributed by atoms with E-state index in [-0.39, 0.29) is 16.9 Å². The third-order valence-electron chi connectivity index (χ3n) is 2.36. The number of nitrogens with two attached hydrogens (primary N) is 1. The van der Waals surface area contributed by atoms with E-state index in [0.29, 0.717) is 0 Å². The fraction of sp³-hybridized carbons (Fsp3) is 0.400. The maximum absolute atomic E-state index is 11.0. The molecule has 1 rings (SSSR count). The minimum absolute atomic E-state index is 0.00171. The van der Waals surface area contributed by atoms with Crippen molar-refractivity contribution in [3.63, 3.8) is 0 Å². The maximum atomic E-state index is 11.0. The highest BCUT2D eigenvalue weighted by atomic mass is 32.2. The number of hydrogen-bond acceptors (Lipinski definition) is 3. The highest BCUT2D eigenvalue weighted by molar-refractivity contribution is 7.89. The van der Waals surface area contributed by atoms with Gasteiger partial charge in [-0.15, -0.1) is 0 Å². The first kappa shape index (κ1) is 12.2. The van der Waals surface area contributed by atoms with Crippen LogP contribution >= 0.6 is 0 Å². The van der Waals surface area contributed by atoms with Gasteiger partial charge >= 0.3 is 0 Å². The predicted octanol–water partition coefficient (Wildman–Crippen LogP) is 0.604. The molecule has 0 radical (unpaired) electrons. The molecule has 0 aliphatic rings. The van der Waals surface area contributed by atoms with Gasteiger partial charge in [0.25, 0.3) is 0 Å². The average molecular weight is 229 g/mol. The number of primary sulfonamides is 1. The molecule has 0 aliphatic carbocycles. The van der Waals surface area contributed by atoms with Crippen LogP contribution in [-0.4, -0.2) is 20.1 Å². The van der Waals surface area contributed by atoms with Gasteiger partial charge in [0.1, 0.15) is 0 Å². The van der Waals surface area contributed by atoms with Crippen LogP contribution in [0, 0.1) is 0 Å². The topological polar surface area (TPSA) is 80.4 Å². The molecular formula is C10H15NO3S. The van der Waals surface area contributed by atoms with Crippen molar-refractivity contribution in [2.75, 3.05) is 6.61 Å². The Morgan fingerprint density at radius 1 is 1.27 bits per heavy atom. The number of hydrogen-bond donors (Lipinski definition) is 2. The Hall–Kier alpha value is -0.910. The lowest BCUT2D eigenvalue weighted by molar-refractivity contribution is 0.218. The number of aliphatic hydroxyl groups excluding tert-OH is 1. The molecule has 3 N–H and O–H groups in total. The van der Waals surface area contributed by atoms with Gasteiger partial charge in [-0.1, -0.05) is 26.0 Å². The summed E-state index contributed by atoms with van der Waals surface area (Å²) in [4.78, 5) is 0.0833. The van der Waals surface area contributed by atoms with Gasteiger partial charge in [-0.05, 0) is 17.7 Å². The number of sulfonamides is 1. The van der Waals surface area contributed by atoms with Crippen molar-refractivity contribution in [1.82, 2.24) is 0 Å². The lowest BCUT2D eigenvalue weighted by atomic mass is 9.86. The SMILES string of the molecule is CC(C)(CO)c1ccc(S(N)(=O)=O)cc1. The molecule has 4 nitrogen and oxygen atoms in total. The molecule has 0 amide bonds. The van der Waals surface area contributed by atoms with E-state index in [0.717, 1.165) is 5.56 Å². The lowest BCUT2D eigenvalue weighted by Gasteiger charge is -2.22. The lowest BCUT2D eigenvalue weighted by Crippen LogP contribution is -2.22. The van der Waals surface area contributed by atoms with Crippen LogP contribution in [0.15, 0.2) is 29.2 Å². The van der Waals surface area contributed by atoms with E-state index >= 15 is 0 Å². The fourth-order valence-electron chi connectivity index (χ4n) is 1.19. The second-order valence-electron chi connectivity index (χ2n) is 4.11.